The summed E-state index contributed by atoms with van der Waals surface area (Å²) in [5, 5.41) is 8.07. The predicted octanol–water partition coefficient (Wildman–Crippen LogP) is 4.15. The molecule has 0 amide bonds. The van der Waals surface area contributed by atoms with Crippen LogP contribution in [0, 0.1) is 12.7 Å². The van der Waals surface area contributed by atoms with Crippen LogP contribution in [0.4, 0.5) is 10.2 Å². The topological polar surface area (TPSA) is 82.9 Å². The number of H-pyrrole nitrogens is 1. The Balaban J connectivity index is 1.51. The van der Waals surface area contributed by atoms with Crippen LogP contribution in [-0.2, 0) is 7.05 Å². The minimum atomic E-state index is -0.294. The third-order valence-corrected chi connectivity index (χ3v) is 8.21. The highest BCUT2D eigenvalue weighted by atomic mass is 32.1. The summed E-state index contributed by atoms with van der Waals surface area (Å²) in [6.45, 7) is 9.76. The fourth-order valence-corrected chi connectivity index (χ4v) is 6.10. The van der Waals surface area contributed by atoms with Crippen molar-refractivity contribution >= 4 is 38.4 Å². The Morgan fingerprint density at radius 2 is 1.97 bits per heavy atom. The summed E-state index contributed by atoms with van der Waals surface area (Å²) in [5.41, 5.74) is 2.65. The second kappa shape index (κ2) is 8.74. The van der Waals surface area contributed by atoms with Gasteiger partial charge in [-0.25, -0.2) is 14.2 Å². The first-order valence-electron chi connectivity index (χ1n) is 11.8. The maximum atomic E-state index is 15.5. The van der Waals surface area contributed by atoms with Crippen LogP contribution in [0.15, 0.2) is 23.1 Å². The maximum absolute atomic E-state index is 15.5. The number of aromatic amines is 1. The van der Waals surface area contributed by atoms with Crippen molar-refractivity contribution in [3.63, 3.8) is 0 Å². The van der Waals surface area contributed by atoms with Gasteiger partial charge in [-0.05, 0) is 32.8 Å². The number of aryl methyl sites for hydroxylation is 2. The number of piperazine rings is 1. The first kappa shape index (κ1) is 22.9. The number of aromatic nitrogens is 5. The van der Waals surface area contributed by atoms with E-state index < -0.39 is 0 Å². The molecule has 3 aromatic heterocycles. The highest BCUT2D eigenvalue weighted by Gasteiger charge is 2.37. The number of fused-ring (bicyclic) bond motifs is 2. The van der Waals surface area contributed by atoms with Gasteiger partial charge in [0.05, 0.1) is 26.9 Å². The summed E-state index contributed by atoms with van der Waals surface area (Å²) in [6.07, 6.45) is 3.44. The van der Waals surface area contributed by atoms with E-state index in [2.05, 4.69) is 50.7 Å². The number of nitrogens with zero attached hydrogens (tertiary/aromatic N) is 6. The molecule has 0 spiro atoms. The molecule has 1 fully saturated rings. The van der Waals surface area contributed by atoms with Crippen molar-refractivity contribution in [3.8, 4) is 0 Å². The molecule has 0 bridgehead atoms. The molecule has 10 heteroatoms. The van der Waals surface area contributed by atoms with Crippen molar-refractivity contribution in [2.24, 2.45) is 7.05 Å². The Labute approximate surface area is 201 Å². The normalized spacial score (nSPS) is 20.5. The molecule has 4 heterocycles. The third-order valence-electron chi connectivity index (χ3n) is 7.23. The number of thiazole rings is 1. The second-order valence-electron chi connectivity index (χ2n) is 9.11. The van der Waals surface area contributed by atoms with Gasteiger partial charge in [0.1, 0.15) is 11.3 Å². The number of nitrogens with one attached hydrogen (secondary N) is 1. The molecular weight excluding hydrogens is 453 g/mol. The van der Waals surface area contributed by atoms with Gasteiger partial charge in [-0.15, -0.1) is 11.3 Å². The van der Waals surface area contributed by atoms with Gasteiger partial charge < -0.3 is 4.90 Å². The number of hydrogen-bond donors (Lipinski definition) is 1. The molecule has 0 aliphatic carbocycles. The van der Waals surface area contributed by atoms with Crippen LogP contribution in [0.1, 0.15) is 50.2 Å². The van der Waals surface area contributed by atoms with Gasteiger partial charge in [-0.3, -0.25) is 14.6 Å². The lowest BCUT2D eigenvalue weighted by molar-refractivity contribution is 0.0991. The second-order valence-corrected chi connectivity index (χ2v) is 10.3. The lowest BCUT2D eigenvalue weighted by Gasteiger charge is -2.49. The van der Waals surface area contributed by atoms with E-state index in [1.165, 1.54) is 15.9 Å². The first-order valence-corrected chi connectivity index (χ1v) is 12.6. The molecule has 1 N–H and O–H groups in total. The lowest BCUT2D eigenvalue weighted by atomic mass is 9.96. The molecule has 180 valence electrons. The number of halogens is 1. The molecule has 1 aliphatic rings. The Kier molecular flexibility index (Phi) is 5.89. The number of benzene rings is 1. The maximum Gasteiger partial charge on any atom is 0.349 e. The average molecular weight is 484 g/mol. The Morgan fingerprint density at radius 1 is 1.21 bits per heavy atom. The average Bonchev–Trinajstić information content (AvgIpc) is 3.47. The standard InChI is InChI=1S/C24H30FN7OS/c1-6-15-12-32(23-21-19(10-26-29-21)30(5)24(33)28-23)16(7-2)11-31(15)13(3)17-8-9-18-22(20(17)25)34-14(4)27-18/h8-10,13,15-16H,6-7,11-12H2,1-5H3,(H,26,29)/t13?,15-,16+/m1/s1. The minimum Gasteiger partial charge on any atom is -0.349 e. The van der Waals surface area contributed by atoms with Crippen molar-refractivity contribution < 1.29 is 4.39 Å². The van der Waals surface area contributed by atoms with E-state index in [1.54, 1.807) is 13.2 Å². The van der Waals surface area contributed by atoms with E-state index in [-0.39, 0.29) is 29.6 Å². The molecule has 0 radical (unpaired) electrons. The van der Waals surface area contributed by atoms with Crippen LogP contribution in [0.2, 0.25) is 0 Å². The van der Waals surface area contributed by atoms with Gasteiger partial charge in [-0.1, -0.05) is 19.9 Å². The highest BCUT2D eigenvalue weighted by molar-refractivity contribution is 7.18. The van der Waals surface area contributed by atoms with E-state index >= 15 is 4.39 Å². The number of hydrogen-bond acceptors (Lipinski definition) is 7. The van der Waals surface area contributed by atoms with Gasteiger partial charge in [0.2, 0.25) is 0 Å². The van der Waals surface area contributed by atoms with Crippen molar-refractivity contribution in [2.45, 2.75) is 58.7 Å². The molecule has 0 saturated carbocycles. The Bertz CT molecular complexity index is 1410. The molecule has 1 aliphatic heterocycles. The molecule has 4 aromatic rings. The smallest absolute Gasteiger partial charge is 0.349 e. The summed E-state index contributed by atoms with van der Waals surface area (Å²) < 4.78 is 17.7. The van der Waals surface area contributed by atoms with Gasteiger partial charge in [0.15, 0.2) is 5.82 Å². The third kappa shape index (κ3) is 3.60. The van der Waals surface area contributed by atoms with Gasteiger partial charge >= 0.3 is 5.69 Å². The zero-order valence-corrected chi connectivity index (χ0v) is 21.0. The minimum absolute atomic E-state index is 0.0864. The van der Waals surface area contributed by atoms with Crippen molar-refractivity contribution in [2.75, 3.05) is 18.0 Å². The van der Waals surface area contributed by atoms with E-state index in [9.17, 15) is 4.79 Å². The SMILES string of the molecule is CC[C@H]1CN(C(C)c2ccc3nc(C)sc3c2F)[C@H](CC)CN1c1nc(=O)n(C)c2cn[nH]c12. The van der Waals surface area contributed by atoms with Crippen molar-refractivity contribution in [1.29, 1.82) is 0 Å². The van der Waals surface area contributed by atoms with Crippen molar-refractivity contribution in [3.05, 3.63) is 45.2 Å². The van der Waals surface area contributed by atoms with Gasteiger partial charge in [0.25, 0.3) is 0 Å². The fraction of sp³-hybridized carbons (Fsp3) is 0.500. The summed E-state index contributed by atoms with van der Waals surface area (Å²) in [6, 6.07) is 4.05. The largest absolute Gasteiger partial charge is 0.349 e. The fourth-order valence-electron chi connectivity index (χ4n) is 5.24. The molecule has 5 rings (SSSR count). The van der Waals surface area contributed by atoms with Gasteiger partial charge in [-0.2, -0.15) is 10.1 Å². The monoisotopic (exact) mass is 483 g/mol. The molecule has 1 saturated heterocycles. The molecule has 1 aromatic carbocycles. The summed E-state index contributed by atoms with van der Waals surface area (Å²) >= 11 is 1.41. The predicted molar refractivity (Wildman–Crippen MR) is 134 cm³/mol. The van der Waals surface area contributed by atoms with Crippen LogP contribution in [0.3, 0.4) is 0 Å². The number of rotatable bonds is 5. The van der Waals surface area contributed by atoms with Crippen molar-refractivity contribution in [1.82, 2.24) is 29.6 Å². The van der Waals surface area contributed by atoms with E-state index in [1.807, 2.05) is 19.1 Å². The summed E-state index contributed by atoms with van der Waals surface area (Å²) in [4.78, 5) is 26.1. The summed E-state index contributed by atoms with van der Waals surface area (Å²) in [5.74, 6) is 0.495. The zero-order valence-electron chi connectivity index (χ0n) is 20.2. The molecule has 34 heavy (non-hydrogen) atoms. The molecule has 3 atom stereocenters. The van der Waals surface area contributed by atoms with E-state index in [0.717, 1.165) is 40.9 Å². The Hall–Kier alpha value is -2.85. The molecule has 1 unspecified atom stereocenters. The zero-order chi connectivity index (χ0) is 24.1. The van der Waals surface area contributed by atoms with Crippen LogP contribution in [0.5, 0.6) is 0 Å². The van der Waals surface area contributed by atoms with Crippen LogP contribution in [0.25, 0.3) is 21.3 Å². The summed E-state index contributed by atoms with van der Waals surface area (Å²) in [7, 11) is 1.71. The van der Waals surface area contributed by atoms with E-state index in [0.29, 0.717) is 22.6 Å². The van der Waals surface area contributed by atoms with Gasteiger partial charge in [0, 0.05) is 43.8 Å². The van der Waals surface area contributed by atoms with Crippen LogP contribution >= 0.6 is 11.3 Å². The lowest BCUT2D eigenvalue weighted by Crippen LogP contribution is -2.59. The van der Waals surface area contributed by atoms with E-state index in [4.69, 9.17) is 0 Å². The van der Waals surface area contributed by atoms with Crippen LogP contribution in [-0.4, -0.2) is 54.8 Å². The van der Waals surface area contributed by atoms with Crippen LogP contribution < -0.4 is 10.6 Å². The first-order chi connectivity index (χ1) is 16.3. The molecule has 8 nitrogen and oxygen atoms in total. The highest BCUT2D eigenvalue weighted by Crippen LogP contribution is 2.36. The quantitative estimate of drug-likeness (QED) is 0.459. The number of anilines is 1. The Morgan fingerprint density at radius 3 is 2.71 bits per heavy atom. The molecular formula is C24H30FN7OS.